The summed E-state index contributed by atoms with van der Waals surface area (Å²) < 4.78 is 9.88. The van der Waals surface area contributed by atoms with E-state index < -0.39 is 16.7 Å². The molecule has 0 saturated carbocycles. The van der Waals surface area contributed by atoms with Crippen LogP contribution in [0.15, 0.2) is 22.6 Å². The van der Waals surface area contributed by atoms with Gasteiger partial charge in [0.15, 0.2) is 17.1 Å². The number of nitro groups is 1. The summed E-state index contributed by atoms with van der Waals surface area (Å²) >= 11 is 0. The van der Waals surface area contributed by atoms with Crippen molar-refractivity contribution in [3.63, 3.8) is 0 Å². The lowest BCUT2D eigenvalue weighted by Crippen LogP contribution is -2.21. The number of non-ortho nitro benzene ring substituents is 1. The monoisotopic (exact) mass is 236 g/mol. The van der Waals surface area contributed by atoms with Gasteiger partial charge in [0.05, 0.1) is 18.1 Å². The number of carboxylic acid groups (broad SMARTS) is 1. The highest BCUT2D eigenvalue weighted by Gasteiger charge is 2.16. The zero-order chi connectivity index (χ0) is 12.6. The number of benzene rings is 1. The van der Waals surface area contributed by atoms with Crippen LogP contribution in [0.4, 0.5) is 5.69 Å². The summed E-state index contributed by atoms with van der Waals surface area (Å²) in [4.78, 5) is 20.7. The van der Waals surface area contributed by atoms with Gasteiger partial charge in [-0.25, -0.2) is 0 Å². The first-order valence-electron chi connectivity index (χ1n) is 4.50. The predicted octanol–water partition coefficient (Wildman–Crippen LogP) is 0.713. The maximum absolute atomic E-state index is 10.6. The Bertz CT molecular complexity index is 615. The van der Waals surface area contributed by atoms with Crippen LogP contribution < -0.4 is 9.84 Å². The number of methoxy groups -OCH3 is 1. The minimum absolute atomic E-state index is 0.0988. The van der Waals surface area contributed by atoms with Crippen molar-refractivity contribution < 1.29 is 24.0 Å². The highest BCUT2D eigenvalue weighted by atomic mass is 16.6. The SMILES string of the molecule is COc1cc([N+](=O)[O-])cc2cc(C(=O)[O-])oc12. The maximum Gasteiger partial charge on any atom is 0.274 e. The molecule has 0 radical (unpaired) electrons. The third-order valence-corrected chi connectivity index (χ3v) is 2.20. The smallest absolute Gasteiger partial charge is 0.274 e. The van der Waals surface area contributed by atoms with Gasteiger partial charge in [-0.15, -0.1) is 0 Å². The Morgan fingerprint density at radius 3 is 2.65 bits per heavy atom. The fourth-order valence-electron chi connectivity index (χ4n) is 1.46. The van der Waals surface area contributed by atoms with E-state index in [4.69, 9.17) is 9.15 Å². The largest absolute Gasteiger partial charge is 0.542 e. The molecule has 1 aromatic carbocycles. The molecule has 0 fully saturated rings. The Balaban J connectivity index is 2.73. The Hall–Kier alpha value is -2.57. The molecule has 17 heavy (non-hydrogen) atoms. The van der Waals surface area contributed by atoms with Crippen molar-refractivity contribution in [3.05, 3.63) is 34.1 Å². The second-order valence-corrected chi connectivity index (χ2v) is 3.22. The van der Waals surface area contributed by atoms with Crippen molar-refractivity contribution in [1.29, 1.82) is 0 Å². The van der Waals surface area contributed by atoms with E-state index in [0.29, 0.717) is 0 Å². The lowest BCUT2D eigenvalue weighted by atomic mass is 10.2. The summed E-state index contributed by atoms with van der Waals surface area (Å²) in [5, 5.41) is 21.5. The molecule has 2 rings (SSSR count). The summed E-state index contributed by atoms with van der Waals surface area (Å²) in [6.45, 7) is 0. The first-order chi connectivity index (χ1) is 8.02. The highest BCUT2D eigenvalue weighted by Crippen LogP contribution is 2.33. The number of ether oxygens (including phenoxy) is 1. The second-order valence-electron chi connectivity index (χ2n) is 3.22. The van der Waals surface area contributed by atoms with Crippen LogP contribution in [0.5, 0.6) is 5.75 Å². The Morgan fingerprint density at radius 2 is 2.12 bits per heavy atom. The average molecular weight is 236 g/mol. The molecule has 0 bridgehead atoms. The van der Waals surface area contributed by atoms with Crippen molar-refractivity contribution in [1.82, 2.24) is 0 Å². The molecule has 7 nitrogen and oxygen atoms in total. The lowest BCUT2D eigenvalue weighted by molar-refractivity contribution is -0.384. The van der Waals surface area contributed by atoms with Gasteiger partial charge in [0.2, 0.25) is 0 Å². The van der Waals surface area contributed by atoms with Crippen LogP contribution in [0.2, 0.25) is 0 Å². The van der Waals surface area contributed by atoms with Crippen molar-refractivity contribution >= 4 is 22.6 Å². The van der Waals surface area contributed by atoms with Gasteiger partial charge in [-0.1, -0.05) is 0 Å². The number of fused-ring (bicyclic) bond motifs is 1. The van der Waals surface area contributed by atoms with Gasteiger partial charge in [-0.05, 0) is 6.07 Å². The van der Waals surface area contributed by atoms with Crippen LogP contribution >= 0.6 is 0 Å². The lowest BCUT2D eigenvalue weighted by Gasteiger charge is -2.00. The van der Waals surface area contributed by atoms with Crippen LogP contribution in [0.25, 0.3) is 11.0 Å². The molecule has 88 valence electrons. The second kappa shape index (κ2) is 3.78. The van der Waals surface area contributed by atoms with Crippen LogP contribution in [-0.2, 0) is 0 Å². The van der Waals surface area contributed by atoms with E-state index in [1.54, 1.807) is 0 Å². The Kier molecular flexibility index (Phi) is 2.43. The standard InChI is InChI=1S/C10H7NO6/c1-16-7-4-6(11(14)15)2-5-3-8(10(12)13)17-9(5)7/h2-4H,1H3,(H,12,13)/p-1. The number of hydrogen-bond acceptors (Lipinski definition) is 6. The molecule has 7 heteroatoms. The van der Waals surface area contributed by atoms with Crippen molar-refractivity contribution in [2.24, 2.45) is 0 Å². The summed E-state index contributed by atoms with van der Waals surface area (Å²) in [6, 6.07) is 3.51. The Labute approximate surface area is 94.4 Å². The van der Waals surface area contributed by atoms with E-state index in [2.05, 4.69) is 0 Å². The topological polar surface area (TPSA) is 106 Å². The molecule has 0 saturated heterocycles. The maximum atomic E-state index is 10.6. The van der Waals surface area contributed by atoms with E-state index in [-0.39, 0.29) is 22.4 Å². The molecule has 0 aliphatic heterocycles. The van der Waals surface area contributed by atoms with Crippen LogP contribution in [0, 0.1) is 10.1 Å². The van der Waals surface area contributed by atoms with Crippen molar-refractivity contribution in [3.8, 4) is 5.75 Å². The summed E-state index contributed by atoms with van der Waals surface area (Å²) in [5.41, 5.74) is -0.0719. The minimum atomic E-state index is -1.49. The molecule has 1 heterocycles. The summed E-state index contributed by atoms with van der Waals surface area (Å²) in [6.07, 6.45) is 0. The average Bonchev–Trinajstić information content (AvgIpc) is 2.71. The van der Waals surface area contributed by atoms with Crippen LogP contribution in [0.3, 0.4) is 0 Å². The van der Waals surface area contributed by atoms with E-state index in [9.17, 15) is 20.0 Å². The van der Waals surface area contributed by atoms with Crippen LogP contribution in [0.1, 0.15) is 10.6 Å². The number of aromatic carboxylic acids is 1. The Morgan fingerprint density at radius 1 is 1.41 bits per heavy atom. The number of carbonyl (C=O) groups excluding carboxylic acids is 1. The molecular weight excluding hydrogens is 230 g/mol. The molecule has 0 spiro atoms. The molecule has 0 aliphatic rings. The van der Waals surface area contributed by atoms with Crippen LogP contribution in [-0.4, -0.2) is 18.0 Å². The first-order valence-corrected chi connectivity index (χ1v) is 4.50. The zero-order valence-electron chi connectivity index (χ0n) is 8.63. The first kappa shape index (κ1) is 10.9. The number of carboxylic acids is 1. The summed E-state index contributed by atoms with van der Waals surface area (Å²) in [7, 11) is 1.31. The van der Waals surface area contributed by atoms with Crippen molar-refractivity contribution in [2.75, 3.05) is 7.11 Å². The molecule has 0 aliphatic carbocycles. The van der Waals surface area contributed by atoms with Crippen molar-refractivity contribution in [2.45, 2.75) is 0 Å². The third-order valence-electron chi connectivity index (χ3n) is 2.20. The van der Waals surface area contributed by atoms with E-state index >= 15 is 0 Å². The van der Waals surface area contributed by atoms with Gasteiger partial charge in [-0.2, -0.15) is 0 Å². The molecule has 0 amide bonds. The number of nitrogens with zero attached hydrogens (tertiary/aromatic N) is 1. The van der Waals surface area contributed by atoms with Gasteiger partial charge in [0.1, 0.15) is 5.97 Å². The van der Waals surface area contributed by atoms with Gasteiger partial charge >= 0.3 is 0 Å². The van der Waals surface area contributed by atoms with Gasteiger partial charge in [0, 0.05) is 11.5 Å². The normalized spacial score (nSPS) is 10.4. The predicted molar refractivity (Wildman–Crippen MR) is 53.8 cm³/mol. The third kappa shape index (κ3) is 1.78. The number of hydrogen-bond donors (Lipinski definition) is 0. The fraction of sp³-hybridized carbons (Fsp3) is 0.100. The number of rotatable bonds is 3. The van der Waals surface area contributed by atoms with E-state index in [1.165, 1.54) is 13.2 Å². The molecule has 2 aromatic rings. The number of carbonyl (C=O) groups is 1. The van der Waals surface area contributed by atoms with Gasteiger partial charge < -0.3 is 19.1 Å². The van der Waals surface area contributed by atoms with Gasteiger partial charge in [-0.3, -0.25) is 10.1 Å². The van der Waals surface area contributed by atoms with E-state index in [0.717, 1.165) is 12.1 Å². The zero-order valence-corrected chi connectivity index (χ0v) is 8.63. The van der Waals surface area contributed by atoms with Gasteiger partial charge in [0.25, 0.3) is 5.69 Å². The fourth-order valence-corrected chi connectivity index (χ4v) is 1.46. The molecule has 0 unspecified atom stereocenters. The summed E-state index contributed by atoms with van der Waals surface area (Å²) in [5.74, 6) is -1.80. The molecule has 1 aromatic heterocycles. The molecule has 0 N–H and O–H groups in total. The molecular formula is C10H6NO6-. The number of furan rings is 1. The highest BCUT2D eigenvalue weighted by molar-refractivity contribution is 5.93. The van der Waals surface area contributed by atoms with E-state index in [1.807, 2.05) is 0 Å². The number of nitro benzene ring substituents is 1. The minimum Gasteiger partial charge on any atom is -0.542 e. The molecule has 0 atom stereocenters. The quantitative estimate of drug-likeness (QED) is 0.574.